The molecule has 0 spiro atoms. The Balaban J connectivity index is 4.25. The lowest BCUT2D eigenvalue weighted by Crippen LogP contribution is -2.30. The van der Waals surface area contributed by atoms with Crippen molar-refractivity contribution in [2.75, 3.05) is 13.2 Å². The molecule has 0 unspecified atom stereocenters. The monoisotopic (exact) mass is 961 g/mol. The van der Waals surface area contributed by atoms with Crippen molar-refractivity contribution in [3.8, 4) is 0 Å². The standard InChI is InChI=1S/C62H120O6/c1-6-7-8-9-10-11-12-20-27-32-37-42-47-52-60(63)66-55-59(68-62(65)54-49-44-39-34-29-24-19-22-26-31-36-41-46-51-58(4)5)56-67-61(64)53-48-43-38-33-28-23-18-16-14-13-15-17-21-25-30-35-40-45-50-57(2)3/h57-59H,6-56H2,1-5H3/t59-/m0/s1. The molecule has 0 aliphatic heterocycles. The molecule has 0 bridgehead atoms. The van der Waals surface area contributed by atoms with Gasteiger partial charge in [0.05, 0.1) is 0 Å². The topological polar surface area (TPSA) is 78.9 Å². The third-order valence-electron chi connectivity index (χ3n) is 14.2. The fourth-order valence-corrected chi connectivity index (χ4v) is 9.58. The SMILES string of the molecule is CCCCCCCCCCCCCCCC(=O)OC[C@@H](COC(=O)CCCCCCCCCCCCCCCCCCCCC(C)C)OC(=O)CCCCCCCCCCCCCCCC(C)C. The van der Waals surface area contributed by atoms with E-state index < -0.39 is 6.10 Å². The minimum atomic E-state index is -0.763. The second-order valence-electron chi connectivity index (χ2n) is 22.3. The van der Waals surface area contributed by atoms with Gasteiger partial charge in [-0.15, -0.1) is 0 Å². The van der Waals surface area contributed by atoms with Crippen molar-refractivity contribution in [3.63, 3.8) is 0 Å². The number of rotatable bonds is 56. The van der Waals surface area contributed by atoms with Crippen molar-refractivity contribution in [2.24, 2.45) is 11.8 Å². The van der Waals surface area contributed by atoms with E-state index in [2.05, 4.69) is 34.6 Å². The molecule has 0 heterocycles. The summed E-state index contributed by atoms with van der Waals surface area (Å²) < 4.78 is 16.9. The molecule has 0 N–H and O–H groups in total. The first-order valence-electron chi connectivity index (χ1n) is 30.7. The normalized spacial score (nSPS) is 12.0. The average Bonchev–Trinajstić information content (AvgIpc) is 3.31. The van der Waals surface area contributed by atoms with E-state index in [-0.39, 0.29) is 31.1 Å². The molecule has 0 aromatic heterocycles. The molecular formula is C62H120O6. The number of carbonyl (C=O) groups is 3. The van der Waals surface area contributed by atoms with Crippen LogP contribution in [0.15, 0.2) is 0 Å². The largest absolute Gasteiger partial charge is 0.462 e. The maximum Gasteiger partial charge on any atom is 0.306 e. The number of hydrogen-bond donors (Lipinski definition) is 0. The van der Waals surface area contributed by atoms with E-state index in [1.807, 2.05) is 0 Å². The zero-order chi connectivity index (χ0) is 49.6. The van der Waals surface area contributed by atoms with Crippen LogP contribution in [0.4, 0.5) is 0 Å². The van der Waals surface area contributed by atoms with Gasteiger partial charge in [-0.3, -0.25) is 14.4 Å². The number of hydrogen-bond acceptors (Lipinski definition) is 6. The van der Waals surface area contributed by atoms with E-state index in [1.54, 1.807) is 0 Å². The van der Waals surface area contributed by atoms with Gasteiger partial charge in [-0.1, -0.05) is 311 Å². The highest BCUT2D eigenvalue weighted by atomic mass is 16.6. The third kappa shape index (κ3) is 55.3. The maximum absolute atomic E-state index is 12.9. The van der Waals surface area contributed by atoms with Crippen molar-refractivity contribution >= 4 is 17.9 Å². The van der Waals surface area contributed by atoms with Crippen LogP contribution in [0.5, 0.6) is 0 Å². The second-order valence-corrected chi connectivity index (χ2v) is 22.3. The second kappa shape index (κ2) is 54.7. The highest BCUT2D eigenvalue weighted by Crippen LogP contribution is 2.19. The Bertz CT molecular complexity index is 1040. The molecule has 0 radical (unpaired) electrons. The fraction of sp³-hybridized carbons (Fsp3) is 0.952. The first-order valence-corrected chi connectivity index (χ1v) is 30.7. The first-order chi connectivity index (χ1) is 33.2. The van der Waals surface area contributed by atoms with Gasteiger partial charge >= 0.3 is 17.9 Å². The Hall–Kier alpha value is -1.59. The van der Waals surface area contributed by atoms with Gasteiger partial charge in [0, 0.05) is 19.3 Å². The molecular weight excluding hydrogens is 841 g/mol. The van der Waals surface area contributed by atoms with Crippen molar-refractivity contribution in [1.29, 1.82) is 0 Å². The van der Waals surface area contributed by atoms with Gasteiger partial charge in [-0.25, -0.2) is 0 Å². The molecule has 0 amide bonds. The molecule has 68 heavy (non-hydrogen) atoms. The molecule has 404 valence electrons. The van der Waals surface area contributed by atoms with Crippen LogP contribution in [0.1, 0.15) is 349 Å². The lowest BCUT2D eigenvalue weighted by molar-refractivity contribution is -0.167. The summed E-state index contributed by atoms with van der Waals surface area (Å²) in [5, 5.41) is 0. The Kier molecular flexibility index (Phi) is 53.5. The minimum absolute atomic E-state index is 0.0621. The van der Waals surface area contributed by atoms with Crippen molar-refractivity contribution in [3.05, 3.63) is 0 Å². The van der Waals surface area contributed by atoms with E-state index in [1.165, 1.54) is 238 Å². The van der Waals surface area contributed by atoms with Crippen molar-refractivity contribution < 1.29 is 28.6 Å². The van der Waals surface area contributed by atoms with E-state index in [9.17, 15) is 14.4 Å². The summed E-state index contributed by atoms with van der Waals surface area (Å²) >= 11 is 0. The summed E-state index contributed by atoms with van der Waals surface area (Å²) in [4.78, 5) is 38.2. The maximum atomic E-state index is 12.9. The molecule has 0 fully saturated rings. The Labute approximate surface area is 425 Å². The highest BCUT2D eigenvalue weighted by Gasteiger charge is 2.19. The molecule has 0 aliphatic carbocycles. The van der Waals surface area contributed by atoms with Crippen LogP contribution in [0.2, 0.25) is 0 Å². The molecule has 0 aromatic rings. The van der Waals surface area contributed by atoms with Crippen LogP contribution >= 0.6 is 0 Å². The van der Waals surface area contributed by atoms with Crippen molar-refractivity contribution in [2.45, 2.75) is 355 Å². The lowest BCUT2D eigenvalue weighted by atomic mass is 10.0. The summed E-state index contributed by atoms with van der Waals surface area (Å²) in [6.45, 7) is 11.4. The molecule has 6 heteroatoms. The van der Waals surface area contributed by atoms with Crippen LogP contribution in [0.25, 0.3) is 0 Å². The number of ether oxygens (including phenoxy) is 3. The van der Waals surface area contributed by atoms with Gasteiger partial charge in [-0.2, -0.15) is 0 Å². The Morgan fingerprint density at radius 2 is 0.485 bits per heavy atom. The quantitative estimate of drug-likeness (QED) is 0.0343. The van der Waals surface area contributed by atoms with Gasteiger partial charge < -0.3 is 14.2 Å². The highest BCUT2D eigenvalue weighted by molar-refractivity contribution is 5.71. The molecule has 6 nitrogen and oxygen atoms in total. The van der Waals surface area contributed by atoms with Crippen LogP contribution in [0, 0.1) is 11.8 Å². The zero-order valence-electron chi connectivity index (χ0n) is 46.7. The zero-order valence-corrected chi connectivity index (χ0v) is 46.7. The first kappa shape index (κ1) is 66.4. The summed E-state index contributed by atoms with van der Waals surface area (Å²) in [7, 11) is 0. The number of esters is 3. The minimum Gasteiger partial charge on any atom is -0.462 e. The van der Waals surface area contributed by atoms with Crippen LogP contribution in [-0.2, 0) is 28.6 Å². The van der Waals surface area contributed by atoms with Crippen molar-refractivity contribution in [1.82, 2.24) is 0 Å². The fourth-order valence-electron chi connectivity index (χ4n) is 9.58. The van der Waals surface area contributed by atoms with Gasteiger partial charge in [0.2, 0.25) is 0 Å². The smallest absolute Gasteiger partial charge is 0.306 e. The molecule has 0 aromatic carbocycles. The van der Waals surface area contributed by atoms with Gasteiger partial charge in [0.25, 0.3) is 0 Å². The van der Waals surface area contributed by atoms with Crippen LogP contribution in [0.3, 0.4) is 0 Å². The predicted molar refractivity (Wildman–Crippen MR) is 293 cm³/mol. The molecule has 0 rings (SSSR count). The summed E-state index contributed by atoms with van der Waals surface area (Å²) in [5.74, 6) is 0.863. The lowest BCUT2D eigenvalue weighted by Gasteiger charge is -2.18. The summed E-state index contributed by atoms with van der Waals surface area (Å²) in [6.07, 6.45) is 59.6. The van der Waals surface area contributed by atoms with Gasteiger partial charge in [-0.05, 0) is 31.1 Å². The van der Waals surface area contributed by atoms with Gasteiger partial charge in [0.1, 0.15) is 13.2 Å². The molecule has 0 saturated carbocycles. The Morgan fingerprint density at radius 1 is 0.279 bits per heavy atom. The van der Waals surface area contributed by atoms with E-state index in [4.69, 9.17) is 14.2 Å². The van der Waals surface area contributed by atoms with E-state index >= 15 is 0 Å². The van der Waals surface area contributed by atoms with Gasteiger partial charge in [0.15, 0.2) is 6.10 Å². The summed E-state index contributed by atoms with van der Waals surface area (Å²) in [5.41, 5.74) is 0. The number of carbonyl (C=O) groups excluding carboxylic acids is 3. The van der Waals surface area contributed by atoms with E-state index in [0.29, 0.717) is 19.3 Å². The summed E-state index contributed by atoms with van der Waals surface area (Å²) in [6, 6.07) is 0. The predicted octanol–water partition coefficient (Wildman–Crippen LogP) is 20.4. The number of unbranched alkanes of at least 4 members (excludes halogenated alkanes) is 41. The van der Waals surface area contributed by atoms with E-state index in [0.717, 1.165) is 69.6 Å². The third-order valence-corrected chi connectivity index (χ3v) is 14.2. The average molecular weight is 962 g/mol. The molecule has 0 saturated heterocycles. The van der Waals surface area contributed by atoms with Crippen LogP contribution in [-0.4, -0.2) is 37.2 Å². The van der Waals surface area contributed by atoms with Crippen LogP contribution < -0.4 is 0 Å². The Morgan fingerprint density at radius 3 is 0.721 bits per heavy atom. The molecule has 0 aliphatic rings. The molecule has 1 atom stereocenters.